The van der Waals surface area contributed by atoms with E-state index in [9.17, 15) is 4.79 Å². The number of nitrogens with zero attached hydrogens (tertiary/aromatic N) is 1. The topological polar surface area (TPSA) is 22.0 Å². The molecule has 1 heterocycles. The van der Waals surface area contributed by atoms with E-state index in [0.29, 0.717) is 0 Å². The van der Waals surface area contributed by atoms with Crippen LogP contribution in [-0.4, -0.2) is 10.5 Å². The Labute approximate surface area is 108 Å². The normalized spacial score (nSPS) is 11.6. The molecule has 0 aliphatic heterocycles. The minimum Gasteiger partial charge on any atom is -0.294 e. The number of carbonyl (C=O) groups is 1. The van der Waals surface area contributed by atoms with Gasteiger partial charge in [-0.3, -0.25) is 9.36 Å². The molecular formula is C16H19NO. The Kier molecular flexibility index (Phi) is 3.12. The lowest BCUT2D eigenvalue weighted by atomic mass is 9.96. The van der Waals surface area contributed by atoms with Crippen LogP contribution < -0.4 is 0 Å². The van der Waals surface area contributed by atoms with Crippen LogP contribution in [0.15, 0.2) is 42.7 Å². The highest BCUT2D eigenvalue weighted by Gasteiger charge is 2.22. The summed E-state index contributed by atoms with van der Waals surface area (Å²) in [5.41, 5.74) is 3.10. The fourth-order valence-corrected chi connectivity index (χ4v) is 1.83. The molecule has 0 amide bonds. The number of aromatic nitrogens is 1. The number of carbonyl (C=O) groups excluding carboxylic acids is 1. The molecule has 0 saturated carbocycles. The maximum Gasteiger partial charge on any atom is 0.235 e. The molecule has 0 saturated heterocycles. The fraction of sp³-hybridized carbons (Fsp3) is 0.312. The maximum absolute atomic E-state index is 12.1. The molecule has 0 fully saturated rings. The van der Waals surface area contributed by atoms with Crippen LogP contribution in [0.3, 0.4) is 0 Å². The highest BCUT2D eigenvalue weighted by atomic mass is 16.2. The van der Waals surface area contributed by atoms with E-state index in [1.54, 1.807) is 4.57 Å². The average Bonchev–Trinajstić information content (AvgIpc) is 2.77. The van der Waals surface area contributed by atoms with Gasteiger partial charge < -0.3 is 0 Å². The number of rotatable bonds is 1. The second-order valence-electron chi connectivity index (χ2n) is 5.73. The van der Waals surface area contributed by atoms with Crippen LogP contribution in [-0.2, 0) is 0 Å². The predicted molar refractivity (Wildman–Crippen MR) is 74.7 cm³/mol. The SMILES string of the molecule is Cc1ccc(-c2ccn(C(=O)C(C)(C)C)c2)cc1. The quantitative estimate of drug-likeness (QED) is 0.735. The van der Waals surface area contributed by atoms with Crippen LogP contribution in [0.2, 0.25) is 0 Å². The molecule has 0 unspecified atom stereocenters. The largest absolute Gasteiger partial charge is 0.294 e. The lowest BCUT2D eigenvalue weighted by Gasteiger charge is -2.16. The summed E-state index contributed by atoms with van der Waals surface area (Å²) in [6, 6.07) is 10.3. The summed E-state index contributed by atoms with van der Waals surface area (Å²) in [7, 11) is 0. The molecule has 0 atom stereocenters. The Bertz CT molecular complexity index is 556. The average molecular weight is 241 g/mol. The van der Waals surface area contributed by atoms with Crippen LogP contribution in [0.4, 0.5) is 0 Å². The van der Waals surface area contributed by atoms with Gasteiger partial charge in [0.15, 0.2) is 0 Å². The van der Waals surface area contributed by atoms with Gasteiger partial charge in [-0.1, -0.05) is 50.6 Å². The summed E-state index contributed by atoms with van der Waals surface area (Å²) >= 11 is 0. The van der Waals surface area contributed by atoms with Crippen LogP contribution in [0.25, 0.3) is 11.1 Å². The number of aryl methyl sites for hydroxylation is 1. The van der Waals surface area contributed by atoms with E-state index in [4.69, 9.17) is 0 Å². The molecule has 18 heavy (non-hydrogen) atoms. The van der Waals surface area contributed by atoms with Crippen LogP contribution in [0, 0.1) is 12.3 Å². The molecule has 2 heteroatoms. The fourth-order valence-electron chi connectivity index (χ4n) is 1.83. The van der Waals surface area contributed by atoms with E-state index in [0.717, 1.165) is 11.1 Å². The van der Waals surface area contributed by atoms with E-state index in [1.807, 2.05) is 39.2 Å². The second kappa shape index (κ2) is 4.45. The molecule has 0 aliphatic rings. The lowest BCUT2D eigenvalue weighted by molar-refractivity contribution is 0.0767. The minimum absolute atomic E-state index is 0.112. The molecule has 0 radical (unpaired) electrons. The van der Waals surface area contributed by atoms with Gasteiger partial charge in [0, 0.05) is 17.8 Å². The molecular weight excluding hydrogens is 222 g/mol. The minimum atomic E-state index is -0.358. The summed E-state index contributed by atoms with van der Waals surface area (Å²) < 4.78 is 1.68. The van der Waals surface area contributed by atoms with Gasteiger partial charge in [0.25, 0.3) is 0 Å². The maximum atomic E-state index is 12.1. The predicted octanol–water partition coefficient (Wildman–Crippen LogP) is 4.15. The zero-order valence-electron chi connectivity index (χ0n) is 11.4. The third-order valence-corrected chi connectivity index (χ3v) is 2.95. The number of hydrogen-bond donors (Lipinski definition) is 0. The Morgan fingerprint density at radius 2 is 1.61 bits per heavy atom. The van der Waals surface area contributed by atoms with Crippen molar-refractivity contribution in [3.8, 4) is 11.1 Å². The monoisotopic (exact) mass is 241 g/mol. The standard InChI is InChI=1S/C16H19NO/c1-12-5-7-13(8-6-12)14-9-10-17(11-14)15(18)16(2,3)4/h5-11H,1-4H3. The highest BCUT2D eigenvalue weighted by Crippen LogP contribution is 2.23. The van der Waals surface area contributed by atoms with Crippen molar-refractivity contribution in [3.63, 3.8) is 0 Å². The zero-order chi connectivity index (χ0) is 13.3. The lowest BCUT2D eigenvalue weighted by Crippen LogP contribution is -2.25. The summed E-state index contributed by atoms with van der Waals surface area (Å²) in [6.45, 7) is 7.86. The van der Waals surface area contributed by atoms with Crippen LogP contribution in [0.1, 0.15) is 31.1 Å². The van der Waals surface area contributed by atoms with Gasteiger partial charge in [-0.2, -0.15) is 0 Å². The van der Waals surface area contributed by atoms with Gasteiger partial charge in [-0.05, 0) is 24.1 Å². The van der Waals surface area contributed by atoms with Gasteiger partial charge in [0.05, 0.1) is 0 Å². The molecule has 1 aromatic carbocycles. The van der Waals surface area contributed by atoms with Crippen molar-refractivity contribution in [2.75, 3.05) is 0 Å². The van der Waals surface area contributed by atoms with Gasteiger partial charge in [0.2, 0.25) is 5.91 Å². The number of benzene rings is 1. The zero-order valence-corrected chi connectivity index (χ0v) is 11.4. The Hall–Kier alpha value is -1.83. The molecule has 0 bridgehead atoms. The molecule has 2 aromatic rings. The Morgan fingerprint density at radius 3 is 2.17 bits per heavy atom. The molecule has 2 nitrogen and oxygen atoms in total. The van der Waals surface area contributed by atoms with Crippen molar-refractivity contribution in [3.05, 3.63) is 48.3 Å². The van der Waals surface area contributed by atoms with E-state index in [1.165, 1.54) is 5.56 Å². The number of hydrogen-bond acceptors (Lipinski definition) is 1. The van der Waals surface area contributed by atoms with Gasteiger partial charge in [-0.15, -0.1) is 0 Å². The summed E-state index contributed by atoms with van der Waals surface area (Å²) in [5, 5.41) is 0. The van der Waals surface area contributed by atoms with E-state index >= 15 is 0 Å². The van der Waals surface area contributed by atoms with Crippen molar-refractivity contribution in [1.82, 2.24) is 4.57 Å². The summed E-state index contributed by atoms with van der Waals surface area (Å²) in [6.07, 6.45) is 3.74. The van der Waals surface area contributed by atoms with Crippen molar-refractivity contribution in [2.45, 2.75) is 27.7 Å². The molecule has 0 N–H and O–H groups in total. The second-order valence-corrected chi connectivity index (χ2v) is 5.73. The Balaban J connectivity index is 2.31. The van der Waals surface area contributed by atoms with E-state index in [-0.39, 0.29) is 11.3 Å². The molecule has 0 aliphatic carbocycles. The third-order valence-electron chi connectivity index (χ3n) is 2.95. The molecule has 1 aromatic heterocycles. The van der Waals surface area contributed by atoms with Gasteiger partial charge >= 0.3 is 0 Å². The van der Waals surface area contributed by atoms with Crippen molar-refractivity contribution in [1.29, 1.82) is 0 Å². The van der Waals surface area contributed by atoms with E-state index < -0.39 is 0 Å². The first-order valence-electron chi connectivity index (χ1n) is 6.18. The highest BCUT2D eigenvalue weighted by molar-refractivity contribution is 5.85. The first kappa shape index (κ1) is 12.6. The van der Waals surface area contributed by atoms with Crippen LogP contribution in [0.5, 0.6) is 0 Å². The molecule has 0 spiro atoms. The smallest absolute Gasteiger partial charge is 0.235 e. The van der Waals surface area contributed by atoms with Gasteiger partial charge in [-0.25, -0.2) is 0 Å². The van der Waals surface area contributed by atoms with Crippen LogP contribution >= 0.6 is 0 Å². The summed E-state index contributed by atoms with van der Waals surface area (Å²) in [5.74, 6) is 0.112. The first-order chi connectivity index (χ1) is 8.38. The van der Waals surface area contributed by atoms with Gasteiger partial charge in [0.1, 0.15) is 0 Å². The molecule has 2 rings (SSSR count). The third kappa shape index (κ3) is 2.53. The van der Waals surface area contributed by atoms with Crippen molar-refractivity contribution >= 4 is 5.91 Å². The molecule has 94 valence electrons. The first-order valence-corrected chi connectivity index (χ1v) is 6.18. The summed E-state index contributed by atoms with van der Waals surface area (Å²) in [4.78, 5) is 12.1. The van der Waals surface area contributed by atoms with E-state index in [2.05, 4.69) is 31.2 Å². The van der Waals surface area contributed by atoms with Crippen molar-refractivity contribution in [2.24, 2.45) is 5.41 Å². The Morgan fingerprint density at radius 1 is 1.00 bits per heavy atom. The van der Waals surface area contributed by atoms with Crippen molar-refractivity contribution < 1.29 is 4.79 Å².